The monoisotopic (exact) mass is 632 g/mol. The van der Waals surface area contributed by atoms with Crippen molar-refractivity contribution >= 4 is 47.0 Å². The largest absolute Gasteiger partial charge is 0.506 e. The first kappa shape index (κ1) is 29.3. The number of ether oxygens (including phenoxy) is 1. The van der Waals surface area contributed by atoms with E-state index >= 15 is 0 Å². The Kier molecular flexibility index (Phi) is 7.56. The van der Waals surface area contributed by atoms with Gasteiger partial charge in [0, 0.05) is 47.0 Å². The number of anilines is 2. The number of hydrogen-bond acceptors (Lipinski definition) is 7. The Morgan fingerprint density at radius 2 is 1.86 bits per heavy atom. The van der Waals surface area contributed by atoms with Gasteiger partial charge in [-0.25, -0.2) is 14.3 Å². The fourth-order valence-electron chi connectivity index (χ4n) is 4.75. The normalized spacial score (nSPS) is 15.2. The molecule has 0 saturated heterocycles. The van der Waals surface area contributed by atoms with Crippen molar-refractivity contribution in [1.82, 2.24) is 20.0 Å². The van der Waals surface area contributed by atoms with Gasteiger partial charge in [-0.15, -0.1) is 0 Å². The number of nitrogens with one attached hydrogen (secondary N) is 2. The Labute approximate surface area is 262 Å². The highest BCUT2D eigenvalue weighted by Crippen LogP contribution is 2.49. The minimum Gasteiger partial charge on any atom is -0.506 e. The SMILES string of the molecule is CC(C)(C)c1cc(NC(=O)NCc2ccccc2Oc2ccc3c(c2)N2C=CN(C(=O)O)C2S3)n(-c2ccc(O)c(Cl)c2)n1. The first-order valence-electron chi connectivity index (χ1n) is 13.7. The third-order valence-electron chi connectivity index (χ3n) is 7.06. The van der Waals surface area contributed by atoms with Gasteiger partial charge in [0.15, 0.2) is 5.50 Å². The van der Waals surface area contributed by atoms with Crippen molar-refractivity contribution in [2.75, 3.05) is 10.2 Å². The molecule has 13 heteroatoms. The zero-order valence-electron chi connectivity index (χ0n) is 24.0. The zero-order chi connectivity index (χ0) is 31.2. The smallest absolute Gasteiger partial charge is 0.413 e. The van der Waals surface area contributed by atoms with E-state index in [0.29, 0.717) is 23.0 Å². The molecule has 0 fully saturated rings. The number of aromatic nitrogens is 2. The van der Waals surface area contributed by atoms with Crippen molar-refractivity contribution in [1.29, 1.82) is 0 Å². The van der Waals surface area contributed by atoms with Crippen molar-refractivity contribution in [2.24, 2.45) is 0 Å². The van der Waals surface area contributed by atoms with Crippen LogP contribution in [0.5, 0.6) is 17.2 Å². The Morgan fingerprint density at radius 3 is 2.61 bits per heavy atom. The molecule has 1 aromatic heterocycles. The second kappa shape index (κ2) is 11.4. The molecule has 226 valence electrons. The van der Waals surface area contributed by atoms with E-state index in [4.69, 9.17) is 16.3 Å². The number of halogens is 1. The highest BCUT2D eigenvalue weighted by atomic mass is 35.5. The summed E-state index contributed by atoms with van der Waals surface area (Å²) in [4.78, 5) is 28.8. The molecular formula is C31H29ClN6O5S. The van der Waals surface area contributed by atoms with E-state index in [1.165, 1.54) is 22.7 Å². The average Bonchev–Trinajstić information content (AvgIpc) is 3.68. The molecule has 0 spiro atoms. The van der Waals surface area contributed by atoms with Gasteiger partial charge in [-0.3, -0.25) is 10.2 Å². The molecule has 4 aromatic rings. The molecule has 0 radical (unpaired) electrons. The quantitative estimate of drug-likeness (QED) is 0.174. The van der Waals surface area contributed by atoms with Crippen LogP contribution in [0.2, 0.25) is 5.02 Å². The van der Waals surface area contributed by atoms with Crippen LogP contribution in [-0.4, -0.2) is 42.5 Å². The summed E-state index contributed by atoms with van der Waals surface area (Å²) in [5, 5.41) is 30.0. The number of nitrogens with zero attached hydrogens (tertiary/aromatic N) is 4. The van der Waals surface area contributed by atoms with Gasteiger partial charge in [0.1, 0.15) is 23.1 Å². The highest BCUT2D eigenvalue weighted by Gasteiger charge is 2.39. The first-order chi connectivity index (χ1) is 21.0. The fraction of sp³-hybridized carbons (Fsp3) is 0.194. The van der Waals surface area contributed by atoms with Crippen molar-refractivity contribution in [2.45, 2.75) is 43.1 Å². The number of fused-ring (bicyclic) bond motifs is 3. The van der Waals surface area contributed by atoms with E-state index < -0.39 is 12.1 Å². The lowest BCUT2D eigenvalue weighted by atomic mass is 9.92. The number of phenolic OH excluding ortho intramolecular Hbond substituents is 1. The summed E-state index contributed by atoms with van der Waals surface area (Å²) in [5.74, 6) is 1.53. The Hall–Kier alpha value is -4.81. The van der Waals surface area contributed by atoms with Crippen molar-refractivity contribution < 1.29 is 24.5 Å². The summed E-state index contributed by atoms with van der Waals surface area (Å²) in [6.45, 7) is 6.25. The maximum atomic E-state index is 13.1. The Balaban J connectivity index is 1.16. The van der Waals surface area contributed by atoms with Gasteiger partial charge in [-0.05, 0) is 36.4 Å². The molecule has 1 unspecified atom stereocenters. The molecule has 1 atom stereocenters. The zero-order valence-corrected chi connectivity index (χ0v) is 25.6. The molecule has 2 aliphatic heterocycles. The molecule has 0 aliphatic carbocycles. The van der Waals surface area contributed by atoms with Crippen molar-refractivity contribution in [3.05, 3.63) is 95.4 Å². The predicted molar refractivity (Wildman–Crippen MR) is 169 cm³/mol. The van der Waals surface area contributed by atoms with Crippen LogP contribution in [-0.2, 0) is 12.0 Å². The average molecular weight is 633 g/mol. The second-order valence-corrected chi connectivity index (χ2v) is 12.7. The van der Waals surface area contributed by atoms with Gasteiger partial charge in [0.25, 0.3) is 0 Å². The number of benzene rings is 3. The summed E-state index contributed by atoms with van der Waals surface area (Å²) in [5.41, 5.74) is 2.28. The number of urea groups is 1. The van der Waals surface area contributed by atoms with Crippen LogP contribution < -0.4 is 20.3 Å². The van der Waals surface area contributed by atoms with Crippen molar-refractivity contribution in [3.8, 4) is 22.9 Å². The van der Waals surface area contributed by atoms with Gasteiger partial charge in [0.2, 0.25) is 0 Å². The van der Waals surface area contributed by atoms with E-state index in [9.17, 15) is 19.8 Å². The maximum Gasteiger partial charge on any atom is 0.413 e. The lowest BCUT2D eigenvalue weighted by Crippen LogP contribution is -2.35. The first-order valence-corrected chi connectivity index (χ1v) is 14.9. The fourth-order valence-corrected chi connectivity index (χ4v) is 6.15. The predicted octanol–water partition coefficient (Wildman–Crippen LogP) is 7.30. The van der Waals surface area contributed by atoms with Crippen molar-refractivity contribution in [3.63, 3.8) is 0 Å². The summed E-state index contributed by atoms with van der Waals surface area (Å²) < 4.78 is 7.81. The summed E-state index contributed by atoms with van der Waals surface area (Å²) in [7, 11) is 0. The van der Waals surface area contributed by atoms with E-state index in [1.807, 2.05) is 68.1 Å². The number of hydrogen-bond donors (Lipinski definition) is 4. The van der Waals surface area contributed by atoms with Crippen LogP contribution in [0.15, 0.2) is 84.0 Å². The molecule has 3 heterocycles. The molecule has 11 nitrogen and oxygen atoms in total. The Bertz CT molecular complexity index is 1800. The van der Waals surface area contributed by atoms with Gasteiger partial charge in [-0.1, -0.05) is 62.3 Å². The van der Waals surface area contributed by atoms with Crippen LogP contribution in [0, 0.1) is 0 Å². The second-order valence-electron chi connectivity index (χ2n) is 11.2. The third-order valence-corrected chi connectivity index (χ3v) is 8.63. The lowest BCUT2D eigenvalue weighted by Gasteiger charge is -2.21. The minimum absolute atomic E-state index is 0.0487. The number of carbonyl (C=O) groups excluding carboxylic acids is 1. The van der Waals surface area contributed by atoms with Gasteiger partial charge >= 0.3 is 12.1 Å². The summed E-state index contributed by atoms with van der Waals surface area (Å²) >= 11 is 7.60. The number of phenols is 1. The van der Waals surface area contributed by atoms with Crippen LogP contribution in [0.3, 0.4) is 0 Å². The van der Waals surface area contributed by atoms with E-state index in [0.717, 1.165) is 21.8 Å². The van der Waals surface area contributed by atoms with E-state index in [1.54, 1.807) is 35.3 Å². The molecule has 44 heavy (non-hydrogen) atoms. The molecule has 3 amide bonds. The third kappa shape index (κ3) is 5.73. The van der Waals surface area contributed by atoms with E-state index in [2.05, 4.69) is 15.7 Å². The topological polar surface area (TPSA) is 132 Å². The number of carbonyl (C=O) groups is 2. The molecule has 2 aliphatic rings. The standard InChI is InChI=1S/C31H29ClN6O5S/c1-31(2,3)26-16-27(38(35-26)19-8-10-23(39)21(32)14-19)34-28(40)33-17-18-6-4-5-7-24(18)43-20-9-11-25-22(15-20)36-12-13-37(30(41)42)29(36)44-25/h4-16,29,39H,17H2,1-3H3,(H,41,42)(H2,33,34,40). The molecule has 0 bridgehead atoms. The summed E-state index contributed by atoms with van der Waals surface area (Å²) in [6, 6.07) is 19.1. The maximum absolute atomic E-state index is 13.1. The molecule has 6 rings (SSSR count). The van der Waals surface area contributed by atoms with Gasteiger partial charge in [-0.2, -0.15) is 5.10 Å². The van der Waals surface area contributed by atoms with Crippen LogP contribution in [0.4, 0.5) is 21.1 Å². The lowest BCUT2D eigenvalue weighted by molar-refractivity contribution is 0.163. The number of aromatic hydroxyl groups is 1. The van der Waals surface area contributed by atoms with Crippen LogP contribution in [0.25, 0.3) is 5.69 Å². The number of thioether (sulfide) groups is 1. The number of amides is 3. The Morgan fingerprint density at radius 1 is 1.07 bits per heavy atom. The van der Waals surface area contributed by atoms with Crippen LogP contribution >= 0.6 is 23.4 Å². The van der Waals surface area contributed by atoms with Crippen LogP contribution in [0.1, 0.15) is 32.0 Å². The molecule has 0 saturated carbocycles. The molecular weight excluding hydrogens is 604 g/mol. The molecule has 4 N–H and O–H groups in total. The highest BCUT2D eigenvalue weighted by molar-refractivity contribution is 8.00. The molecule has 3 aromatic carbocycles. The van der Waals surface area contributed by atoms with Gasteiger partial charge in [0.05, 0.1) is 22.1 Å². The number of para-hydroxylation sites is 1. The number of rotatable bonds is 6. The number of carboxylic acid groups (broad SMARTS) is 1. The minimum atomic E-state index is -1.01. The summed E-state index contributed by atoms with van der Waals surface area (Å²) in [6.07, 6.45) is 2.27. The van der Waals surface area contributed by atoms with Gasteiger partial charge < -0.3 is 25.2 Å². The van der Waals surface area contributed by atoms with E-state index in [-0.39, 0.29) is 28.2 Å².